The highest BCUT2D eigenvalue weighted by atomic mass is 19.3. The van der Waals surface area contributed by atoms with Gasteiger partial charge in [-0.1, -0.05) is 24.3 Å². The first kappa shape index (κ1) is 20.7. The summed E-state index contributed by atoms with van der Waals surface area (Å²) in [5, 5.41) is 8.50. The molecule has 31 heavy (non-hydrogen) atoms. The van der Waals surface area contributed by atoms with Crippen molar-refractivity contribution in [2.24, 2.45) is 0 Å². The van der Waals surface area contributed by atoms with Gasteiger partial charge in [-0.2, -0.15) is 13.9 Å². The Kier molecular flexibility index (Phi) is 5.79. The maximum Gasteiger partial charge on any atom is 0.387 e. The molecular formula is C23H22F2N4O2. The predicted octanol–water partition coefficient (Wildman–Crippen LogP) is 4.35. The lowest BCUT2D eigenvalue weighted by Gasteiger charge is -2.11. The minimum absolute atomic E-state index is 0.0881. The number of nitrogens with one attached hydrogen (secondary N) is 1. The molecule has 1 N–H and O–H groups in total. The van der Waals surface area contributed by atoms with Crippen LogP contribution in [0.5, 0.6) is 5.75 Å². The lowest BCUT2D eigenvalue weighted by atomic mass is 10.1. The summed E-state index contributed by atoms with van der Waals surface area (Å²) in [6.07, 6.45) is 0.853. The maximum absolute atomic E-state index is 12.4. The number of aromatic nitrogens is 3. The van der Waals surface area contributed by atoms with E-state index in [9.17, 15) is 13.6 Å². The van der Waals surface area contributed by atoms with Crippen molar-refractivity contribution in [3.8, 4) is 5.75 Å². The highest BCUT2D eigenvalue weighted by molar-refractivity contribution is 5.92. The molecular weight excluding hydrogens is 402 g/mol. The van der Waals surface area contributed by atoms with Crippen LogP contribution in [0, 0.1) is 13.8 Å². The summed E-state index contributed by atoms with van der Waals surface area (Å²) in [4.78, 5) is 17.1. The van der Waals surface area contributed by atoms with Gasteiger partial charge in [0, 0.05) is 29.7 Å². The van der Waals surface area contributed by atoms with Gasteiger partial charge in [-0.15, -0.1) is 0 Å². The summed E-state index contributed by atoms with van der Waals surface area (Å²) < 4.78 is 30.6. The summed E-state index contributed by atoms with van der Waals surface area (Å²) in [6.45, 7) is 1.40. The van der Waals surface area contributed by atoms with E-state index in [2.05, 4.69) is 15.2 Å². The molecule has 0 radical (unpaired) electrons. The number of carbonyl (C=O) groups excluding carboxylic acids is 1. The van der Waals surface area contributed by atoms with Crippen molar-refractivity contribution in [2.75, 3.05) is 0 Å². The molecule has 0 aliphatic heterocycles. The first-order valence-electron chi connectivity index (χ1n) is 9.96. The van der Waals surface area contributed by atoms with Gasteiger partial charge < -0.3 is 10.1 Å². The minimum Gasteiger partial charge on any atom is -0.435 e. The predicted molar refractivity (Wildman–Crippen MR) is 113 cm³/mol. The zero-order valence-corrected chi connectivity index (χ0v) is 17.2. The van der Waals surface area contributed by atoms with Crippen molar-refractivity contribution in [3.63, 3.8) is 0 Å². The van der Waals surface area contributed by atoms with Gasteiger partial charge in [0.1, 0.15) is 5.75 Å². The van der Waals surface area contributed by atoms with Crippen LogP contribution in [0.1, 0.15) is 28.9 Å². The number of alkyl halides is 2. The van der Waals surface area contributed by atoms with E-state index >= 15 is 0 Å². The first-order valence-corrected chi connectivity index (χ1v) is 9.96. The SMILES string of the molecule is Cc1nc2c3ccccc3nn2c(C)c1CCC(=O)NCc1ccc(OC(F)F)cc1. The molecule has 0 aliphatic rings. The average molecular weight is 424 g/mol. The molecule has 2 aromatic heterocycles. The van der Waals surface area contributed by atoms with Crippen molar-refractivity contribution in [2.45, 2.75) is 39.8 Å². The summed E-state index contributed by atoms with van der Waals surface area (Å²) in [5.74, 6) is -0.0115. The number of fused-ring (bicyclic) bond motifs is 3. The molecule has 160 valence electrons. The van der Waals surface area contributed by atoms with E-state index in [0.717, 1.165) is 39.1 Å². The Hall–Kier alpha value is -3.55. The van der Waals surface area contributed by atoms with Crippen molar-refractivity contribution >= 4 is 22.5 Å². The van der Waals surface area contributed by atoms with E-state index in [1.54, 1.807) is 12.1 Å². The average Bonchev–Trinajstić information content (AvgIpc) is 3.11. The Bertz CT molecular complexity index is 1240. The number of rotatable bonds is 7. The highest BCUT2D eigenvalue weighted by Crippen LogP contribution is 2.23. The Balaban J connectivity index is 1.40. The second-order valence-electron chi connectivity index (χ2n) is 7.31. The zero-order chi connectivity index (χ0) is 22.0. The Morgan fingerprint density at radius 2 is 1.87 bits per heavy atom. The van der Waals surface area contributed by atoms with E-state index in [4.69, 9.17) is 4.98 Å². The minimum atomic E-state index is -2.86. The molecule has 0 bridgehead atoms. The van der Waals surface area contributed by atoms with Gasteiger partial charge in [0.2, 0.25) is 5.91 Å². The molecule has 4 rings (SSSR count). The molecule has 0 saturated carbocycles. The molecule has 8 heteroatoms. The molecule has 0 saturated heterocycles. The highest BCUT2D eigenvalue weighted by Gasteiger charge is 2.15. The lowest BCUT2D eigenvalue weighted by molar-refractivity contribution is -0.121. The van der Waals surface area contributed by atoms with E-state index in [0.29, 0.717) is 19.4 Å². The van der Waals surface area contributed by atoms with Crippen LogP contribution in [0.4, 0.5) is 8.78 Å². The van der Waals surface area contributed by atoms with Gasteiger partial charge in [0.05, 0.1) is 5.52 Å². The number of aryl methyl sites for hydroxylation is 2. The number of carbonyl (C=O) groups is 1. The fourth-order valence-corrected chi connectivity index (χ4v) is 3.65. The number of ether oxygens (including phenoxy) is 1. The van der Waals surface area contributed by atoms with Crippen molar-refractivity contribution in [1.29, 1.82) is 0 Å². The fourth-order valence-electron chi connectivity index (χ4n) is 3.65. The van der Waals surface area contributed by atoms with Crippen molar-refractivity contribution in [3.05, 3.63) is 71.0 Å². The van der Waals surface area contributed by atoms with Gasteiger partial charge in [-0.05, 0) is 55.7 Å². The Morgan fingerprint density at radius 3 is 2.61 bits per heavy atom. The van der Waals surface area contributed by atoms with E-state index in [1.165, 1.54) is 12.1 Å². The van der Waals surface area contributed by atoms with E-state index in [1.807, 2.05) is 42.6 Å². The number of halogens is 2. The smallest absolute Gasteiger partial charge is 0.387 e. The summed E-state index contributed by atoms with van der Waals surface area (Å²) >= 11 is 0. The number of benzene rings is 2. The molecule has 1 amide bonds. The Labute approximate surface area is 177 Å². The third kappa shape index (κ3) is 4.47. The molecule has 4 aromatic rings. The summed E-state index contributed by atoms with van der Waals surface area (Å²) in [5.41, 5.74) is 5.37. The molecule has 6 nitrogen and oxygen atoms in total. The normalized spacial score (nSPS) is 11.4. The van der Waals surface area contributed by atoms with Gasteiger partial charge in [-0.3, -0.25) is 4.79 Å². The number of hydrogen-bond donors (Lipinski definition) is 1. The number of nitrogens with zero attached hydrogens (tertiary/aromatic N) is 3. The lowest BCUT2D eigenvalue weighted by Crippen LogP contribution is -2.23. The van der Waals surface area contributed by atoms with Crippen LogP contribution in [0.3, 0.4) is 0 Å². The second-order valence-corrected chi connectivity index (χ2v) is 7.31. The van der Waals surface area contributed by atoms with Gasteiger partial charge in [-0.25, -0.2) is 9.50 Å². The van der Waals surface area contributed by atoms with Gasteiger partial charge in [0.15, 0.2) is 5.65 Å². The summed E-state index contributed by atoms with van der Waals surface area (Å²) in [6, 6.07) is 14.1. The fraction of sp³-hybridized carbons (Fsp3) is 0.261. The van der Waals surface area contributed by atoms with Crippen LogP contribution in [0.25, 0.3) is 16.6 Å². The quantitative estimate of drug-likeness (QED) is 0.479. The van der Waals surface area contributed by atoms with Gasteiger partial charge in [0.25, 0.3) is 0 Å². The molecule has 0 spiro atoms. The van der Waals surface area contributed by atoms with Gasteiger partial charge >= 0.3 is 6.61 Å². The van der Waals surface area contributed by atoms with Crippen molar-refractivity contribution in [1.82, 2.24) is 19.9 Å². The maximum atomic E-state index is 12.4. The topological polar surface area (TPSA) is 68.5 Å². The number of amides is 1. The molecule has 2 heterocycles. The zero-order valence-electron chi connectivity index (χ0n) is 17.2. The monoisotopic (exact) mass is 424 g/mol. The van der Waals surface area contributed by atoms with Crippen LogP contribution in [0.15, 0.2) is 48.5 Å². The third-order valence-corrected chi connectivity index (χ3v) is 5.26. The van der Waals surface area contributed by atoms with Crippen LogP contribution in [0.2, 0.25) is 0 Å². The van der Waals surface area contributed by atoms with E-state index in [-0.39, 0.29) is 11.7 Å². The van der Waals surface area contributed by atoms with Crippen LogP contribution >= 0.6 is 0 Å². The molecule has 0 atom stereocenters. The number of hydrogen-bond acceptors (Lipinski definition) is 4. The van der Waals surface area contributed by atoms with Crippen LogP contribution < -0.4 is 10.1 Å². The standard InChI is InChI=1S/C23H22F2N4O2/c1-14-18(15(2)29-22(27-14)19-5-3-4-6-20(19)28-29)11-12-21(30)26-13-16-7-9-17(10-8-16)31-23(24)25/h3-10,23H,11-13H2,1-2H3,(H,26,30). The third-order valence-electron chi connectivity index (χ3n) is 5.26. The molecule has 0 aliphatic carbocycles. The molecule has 0 unspecified atom stereocenters. The largest absolute Gasteiger partial charge is 0.435 e. The molecule has 2 aromatic carbocycles. The van der Waals surface area contributed by atoms with Crippen molar-refractivity contribution < 1.29 is 18.3 Å². The van der Waals surface area contributed by atoms with Crippen LogP contribution in [-0.4, -0.2) is 27.1 Å². The Morgan fingerprint density at radius 1 is 1.13 bits per heavy atom. The molecule has 0 fully saturated rings. The summed E-state index contributed by atoms with van der Waals surface area (Å²) in [7, 11) is 0. The van der Waals surface area contributed by atoms with E-state index < -0.39 is 6.61 Å². The second kappa shape index (κ2) is 8.67. The van der Waals surface area contributed by atoms with Crippen LogP contribution in [-0.2, 0) is 17.8 Å². The first-order chi connectivity index (χ1) is 14.9.